The third-order valence-corrected chi connectivity index (χ3v) is 7.78. The third-order valence-electron chi connectivity index (χ3n) is 6.67. The van der Waals surface area contributed by atoms with Gasteiger partial charge in [0.1, 0.15) is 11.9 Å². The molecule has 2 aliphatic heterocycles. The Balaban J connectivity index is 1.29. The van der Waals surface area contributed by atoms with Crippen LogP contribution in [0.15, 0.2) is 30.7 Å². The Labute approximate surface area is 195 Å². The van der Waals surface area contributed by atoms with E-state index in [0.717, 1.165) is 34.2 Å². The predicted molar refractivity (Wildman–Crippen MR) is 125 cm³/mol. The lowest BCUT2D eigenvalue weighted by Gasteiger charge is -2.43. The second kappa shape index (κ2) is 9.17. The first-order chi connectivity index (χ1) is 16.1. The van der Waals surface area contributed by atoms with Crippen LogP contribution in [-0.4, -0.2) is 69.1 Å². The van der Waals surface area contributed by atoms with Gasteiger partial charge in [-0.15, -0.1) is 21.5 Å². The maximum Gasteiger partial charge on any atom is 0.410 e. The van der Waals surface area contributed by atoms with Gasteiger partial charge in [-0.2, -0.15) is 0 Å². The first-order valence-corrected chi connectivity index (χ1v) is 12.2. The number of hydrogen-bond donors (Lipinski definition) is 0. The summed E-state index contributed by atoms with van der Waals surface area (Å²) in [6.07, 6.45) is 7.40. The van der Waals surface area contributed by atoms with E-state index >= 15 is 4.39 Å². The number of rotatable bonds is 6. The van der Waals surface area contributed by atoms with Gasteiger partial charge in [-0.3, -0.25) is 9.88 Å². The number of alkyl halides is 1. The molecule has 2 saturated heterocycles. The van der Waals surface area contributed by atoms with Crippen molar-refractivity contribution in [3.05, 3.63) is 30.7 Å². The number of piperidine rings is 1. The van der Waals surface area contributed by atoms with E-state index in [1.54, 1.807) is 40.6 Å². The number of hydrogen-bond acceptors (Lipinski definition) is 8. The van der Waals surface area contributed by atoms with Gasteiger partial charge in [0.2, 0.25) is 5.95 Å². The van der Waals surface area contributed by atoms with Crippen LogP contribution in [0.1, 0.15) is 39.0 Å². The molecule has 0 radical (unpaired) electrons. The summed E-state index contributed by atoms with van der Waals surface area (Å²) in [7, 11) is 1.80. The molecule has 33 heavy (non-hydrogen) atoms. The maximum atomic E-state index is 15.6. The Morgan fingerprint density at radius 2 is 2.21 bits per heavy atom. The number of pyridine rings is 1. The van der Waals surface area contributed by atoms with Crippen molar-refractivity contribution in [1.29, 1.82) is 0 Å². The lowest BCUT2D eigenvalue weighted by Crippen LogP contribution is -2.59. The maximum absolute atomic E-state index is 15.6. The highest BCUT2D eigenvalue weighted by atomic mass is 32.1. The summed E-state index contributed by atoms with van der Waals surface area (Å²) < 4.78 is 22.0. The van der Waals surface area contributed by atoms with Gasteiger partial charge < -0.3 is 9.64 Å². The number of fused-ring (bicyclic) bond motifs is 3. The summed E-state index contributed by atoms with van der Waals surface area (Å²) in [6.45, 7) is 2.42. The van der Waals surface area contributed by atoms with E-state index in [9.17, 15) is 4.79 Å². The summed E-state index contributed by atoms with van der Waals surface area (Å²) >= 11 is 1.58. The zero-order valence-corrected chi connectivity index (χ0v) is 19.5. The second-order valence-corrected chi connectivity index (χ2v) is 9.78. The highest BCUT2D eigenvalue weighted by molar-refractivity contribution is 7.22. The molecule has 0 N–H and O–H groups in total. The number of unbranched alkanes of at least 4 members (excludes halogenated alkanes) is 1. The van der Waals surface area contributed by atoms with Gasteiger partial charge in [0.15, 0.2) is 0 Å². The molecule has 2 aliphatic rings. The SMILES string of the molecule is CCCCOC(=O)N1[C@H]2CC[C@@H]1[C@@H](F)[C@@H](N(C)c1ncc(-c3cc4ccncc4s3)nn1)C2. The largest absolute Gasteiger partial charge is 0.449 e. The van der Waals surface area contributed by atoms with E-state index in [1.807, 2.05) is 25.3 Å². The highest BCUT2D eigenvalue weighted by Gasteiger charge is 2.51. The van der Waals surface area contributed by atoms with E-state index in [1.165, 1.54) is 0 Å². The molecule has 174 valence electrons. The number of amides is 1. The molecule has 2 bridgehead atoms. The topological polar surface area (TPSA) is 84.3 Å². The standard InChI is InChI=1S/C23H27FN6O2S/c1-3-4-9-32-23(31)30-15-5-6-17(30)21(24)18(11-15)29(2)22-26-12-16(27-28-22)19-10-14-7-8-25-13-20(14)33-19/h7-8,10,12-13,15,17-18,21H,3-6,9,11H2,1-2H3/t15-,17+,18-,21+/m0/s1. The van der Waals surface area contributed by atoms with Crippen molar-refractivity contribution in [1.82, 2.24) is 25.1 Å². The highest BCUT2D eigenvalue weighted by Crippen LogP contribution is 2.40. The Bertz CT molecular complexity index is 1090. The Hall–Kier alpha value is -2.88. The van der Waals surface area contributed by atoms with E-state index in [-0.39, 0.29) is 12.1 Å². The molecule has 0 unspecified atom stereocenters. The van der Waals surface area contributed by atoms with E-state index in [0.29, 0.717) is 31.1 Å². The minimum Gasteiger partial charge on any atom is -0.449 e. The average Bonchev–Trinajstić information content (AvgIpc) is 3.42. The minimum atomic E-state index is -1.20. The number of carbonyl (C=O) groups is 1. The Kier molecular flexibility index (Phi) is 6.09. The number of nitrogens with zero attached hydrogens (tertiary/aromatic N) is 6. The Morgan fingerprint density at radius 1 is 1.33 bits per heavy atom. The van der Waals surface area contributed by atoms with Gasteiger partial charge in [-0.1, -0.05) is 13.3 Å². The minimum absolute atomic E-state index is 0.0250. The lowest BCUT2D eigenvalue weighted by molar-refractivity contribution is 0.0305. The fourth-order valence-corrected chi connectivity index (χ4v) is 5.84. The van der Waals surface area contributed by atoms with Crippen LogP contribution >= 0.6 is 11.3 Å². The van der Waals surface area contributed by atoms with Crippen LogP contribution in [0.5, 0.6) is 0 Å². The van der Waals surface area contributed by atoms with Crippen LogP contribution in [0.25, 0.3) is 20.7 Å². The van der Waals surface area contributed by atoms with Gasteiger partial charge in [-0.25, -0.2) is 14.2 Å². The molecule has 2 fully saturated rings. The molecule has 3 aromatic heterocycles. The van der Waals surface area contributed by atoms with Crippen LogP contribution < -0.4 is 4.90 Å². The first kappa shape index (κ1) is 21.9. The summed E-state index contributed by atoms with van der Waals surface area (Å²) in [5, 5.41) is 9.75. The molecule has 8 nitrogen and oxygen atoms in total. The summed E-state index contributed by atoms with van der Waals surface area (Å²) in [5.41, 5.74) is 0.676. The zero-order valence-electron chi connectivity index (χ0n) is 18.7. The van der Waals surface area contributed by atoms with Crippen molar-refractivity contribution in [2.75, 3.05) is 18.6 Å². The number of halogens is 1. The van der Waals surface area contributed by atoms with Crippen molar-refractivity contribution in [2.45, 2.75) is 63.3 Å². The molecule has 5 heterocycles. The van der Waals surface area contributed by atoms with Gasteiger partial charge >= 0.3 is 6.09 Å². The van der Waals surface area contributed by atoms with Crippen LogP contribution in [-0.2, 0) is 4.74 Å². The molecule has 3 aromatic rings. The molecule has 5 rings (SSSR count). The van der Waals surface area contributed by atoms with Crippen molar-refractivity contribution < 1.29 is 13.9 Å². The average molecular weight is 471 g/mol. The molecule has 1 amide bonds. The quantitative estimate of drug-likeness (QED) is 0.492. The zero-order chi connectivity index (χ0) is 22.9. The molecule has 4 atom stereocenters. The van der Waals surface area contributed by atoms with Gasteiger partial charge in [0, 0.05) is 25.5 Å². The Morgan fingerprint density at radius 3 is 2.97 bits per heavy atom. The fourth-order valence-electron chi connectivity index (χ4n) is 4.86. The monoisotopic (exact) mass is 470 g/mol. The van der Waals surface area contributed by atoms with Crippen LogP contribution in [0.4, 0.5) is 15.1 Å². The number of aromatic nitrogens is 4. The number of ether oxygens (including phenoxy) is 1. The molecular formula is C23H27FN6O2S. The number of thiophene rings is 1. The molecule has 0 aromatic carbocycles. The van der Waals surface area contributed by atoms with E-state index < -0.39 is 18.3 Å². The lowest BCUT2D eigenvalue weighted by atomic mass is 9.95. The molecule has 0 aliphatic carbocycles. The molecular weight excluding hydrogens is 443 g/mol. The number of carbonyl (C=O) groups excluding carboxylic acids is 1. The third kappa shape index (κ3) is 4.12. The summed E-state index contributed by atoms with van der Waals surface area (Å²) in [4.78, 5) is 25.5. The van der Waals surface area contributed by atoms with Crippen LogP contribution in [0, 0.1) is 0 Å². The molecule has 0 saturated carbocycles. The van der Waals surface area contributed by atoms with Gasteiger partial charge in [0.25, 0.3) is 0 Å². The second-order valence-electron chi connectivity index (χ2n) is 8.70. The molecule has 0 spiro atoms. The van der Waals surface area contributed by atoms with Gasteiger partial charge in [0.05, 0.1) is 34.5 Å². The first-order valence-electron chi connectivity index (χ1n) is 11.4. The smallest absolute Gasteiger partial charge is 0.410 e. The van der Waals surface area contributed by atoms with Crippen LogP contribution in [0.2, 0.25) is 0 Å². The van der Waals surface area contributed by atoms with Crippen molar-refractivity contribution in [3.63, 3.8) is 0 Å². The van der Waals surface area contributed by atoms with Crippen molar-refractivity contribution >= 4 is 33.5 Å². The predicted octanol–water partition coefficient (Wildman–Crippen LogP) is 4.46. The fraction of sp³-hybridized carbons (Fsp3) is 0.522. The van der Waals surface area contributed by atoms with Crippen molar-refractivity contribution in [2.24, 2.45) is 0 Å². The summed E-state index contributed by atoms with van der Waals surface area (Å²) in [5.74, 6) is 0.382. The summed E-state index contributed by atoms with van der Waals surface area (Å²) in [6, 6.07) is 3.10. The van der Waals surface area contributed by atoms with E-state index in [2.05, 4.69) is 20.2 Å². The normalized spacial score (nSPS) is 24.3. The molecule has 10 heteroatoms. The van der Waals surface area contributed by atoms with Gasteiger partial charge in [-0.05, 0) is 43.2 Å². The van der Waals surface area contributed by atoms with Crippen LogP contribution in [0.3, 0.4) is 0 Å². The number of anilines is 1. The van der Waals surface area contributed by atoms with E-state index in [4.69, 9.17) is 4.74 Å². The van der Waals surface area contributed by atoms with Crippen molar-refractivity contribution in [3.8, 4) is 10.6 Å².